The standard InChI is InChI=1S/C15H20N2O3/c1-17(10-11-5-4-6-11)15(20)16-13-8-3-2-7-12(13)9-14(18)19/h2-3,7-8,11H,4-6,9-10H2,1H3,(H,16,20)(H,18,19). The van der Waals surface area contributed by atoms with Gasteiger partial charge in [-0.25, -0.2) is 4.79 Å². The third-order valence-corrected chi connectivity index (χ3v) is 3.70. The Bertz CT molecular complexity index is 498. The number of amides is 2. The first-order valence-corrected chi connectivity index (χ1v) is 6.88. The number of carbonyl (C=O) groups excluding carboxylic acids is 1. The number of urea groups is 1. The summed E-state index contributed by atoms with van der Waals surface area (Å²) in [6, 6.07) is 6.82. The second-order valence-corrected chi connectivity index (χ2v) is 5.34. The van der Waals surface area contributed by atoms with Gasteiger partial charge in [-0.15, -0.1) is 0 Å². The molecule has 1 aliphatic carbocycles. The highest BCUT2D eigenvalue weighted by Crippen LogP contribution is 2.27. The molecule has 0 aliphatic heterocycles. The fraction of sp³-hybridized carbons (Fsp3) is 0.467. The summed E-state index contributed by atoms with van der Waals surface area (Å²) in [6.45, 7) is 0.757. The molecule has 0 aromatic heterocycles. The largest absolute Gasteiger partial charge is 0.481 e. The molecular weight excluding hydrogens is 256 g/mol. The Morgan fingerprint density at radius 1 is 1.35 bits per heavy atom. The van der Waals surface area contributed by atoms with Crippen molar-refractivity contribution in [3.8, 4) is 0 Å². The van der Waals surface area contributed by atoms with E-state index in [2.05, 4.69) is 5.32 Å². The van der Waals surface area contributed by atoms with Gasteiger partial charge in [0.25, 0.3) is 0 Å². The number of anilines is 1. The lowest BCUT2D eigenvalue weighted by atomic mass is 9.85. The van der Waals surface area contributed by atoms with Crippen LogP contribution in [0.3, 0.4) is 0 Å². The van der Waals surface area contributed by atoms with Crippen LogP contribution in [0, 0.1) is 5.92 Å². The molecule has 0 spiro atoms. The molecule has 0 unspecified atom stereocenters. The van der Waals surface area contributed by atoms with E-state index in [1.807, 2.05) is 0 Å². The average Bonchev–Trinajstić information content (AvgIpc) is 2.35. The lowest BCUT2D eigenvalue weighted by Gasteiger charge is -2.30. The quantitative estimate of drug-likeness (QED) is 0.868. The fourth-order valence-electron chi connectivity index (χ4n) is 2.32. The minimum Gasteiger partial charge on any atom is -0.481 e. The number of hydrogen-bond donors (Lipinski definition) is 2. The molecule has 108 valence electrons. The van der Waals surface area contributed by atoms with Gasteiger partial charge in [0.1, 0.15) is 0 Å². The van der Waals surface area contributed by atoms with E-state index in [0.29, 0.717) is 17.2 Å². The van der Waals surface area contributed by atoms with Crippen LogP contribution >= 0.6 is 0 Å². The average molecular weight is 276 g/mol. The Labute approximate surface area is 118 Å². The zero-order valence-corrected chi connectivity index (χ0v) is 11.6. The maximum Gasteiger partial charge on any atom is 0.321 e. The van der Waals surface area contributed by atoms with Crippen LogP contribution in [0.25, 0.3) is 0 Å². The van der Waals surface area contributed by atoms with Crippen LogP contribution in [0.2, 0.25) is 0 Å². The summed E-state index contributed by atoms with van der Waals surface area (Å²) in [5, 5.41) is 11.7. The molecule has 1 saturated carbocycles. The fourth-order valence-corrected chi connectivity index (χ4v) is 2.32. The predicted molar refractivity (Wildman–Crippen MR) is 76.8 cm³/mol. The Morgan fingerprint density at radius 3 is 2.65 bits per heavy atom. The molecule has 2 N–H and O–H groups in total. The summed E-state index contributed by atoms with van der Waals surface area (Å²) in [5.74, 6) is -0.297. The molecule has 1 aromatic carbocycles. The normalized spacial score (nSPS) is 14.4. The summed E-state index contributed by atoms with van der Waals surface area (Å²) in [7, 11) is 1.77. The monoisotopic (exact) mass is 276 g/mol. The summed E-state index contributed by atoms with van der Waals surface area (Å²) < 4.78 is 0. The van der Waals surface area contributed by atoms with Gasteiger partial charge >= 0.3 is 12.0 Å². The Hall–Kier alpha value is -2.04. The third-order valence-electron chi connectivity index (χ3n) is 3.70. The third kappa shape index (κ3) is 3.73. The van der Waals surface area contributed by atoms with E-state index in [4.69, 9.17) is 5.11 Å². The molecule has 0 atom stereocenters. The van der Waals surface area contributed by atoms with Crippen molar-refractivity contribution >= 4 is 17.7 Å². The van der Waals surface area contributed by atoms with Gasteiger partial charge in [-0.3, -0.25) is 4.79 Å². The minimum atomic E-state index is -0.908. The van der Waals surface area contributed by atoms with Gasteiger partial charge < -0.3 is 15.3 Å². The van der Waals surface area contributed by atoms with Crippen molar-refractivity contribution in [2.45, 2.75) is 25.7 Å². The van der Waals surface area contributed by atoms with Crippen LogP contribution < -0.4 is 5.32 Å². The highest BCUT2D eigenvalue weighted by molar-refractivity contribution is 5.90. The van der Waals surface area contributed by atoms with E-state index in [9.17, 15) is 9.59 Å². The number of rotatable bonds is 5. The first-order chi connectivity index (χ1) is 9.56. The van der Waals surface area contributed by atoms with E-state index in [1.165, 1.54) is 19.3 Å². The van der Waals surface area contributed by atoms with Crippen molar-refractivity contribution in [1.82, 2.24) is 4.90 Å². The van der Waals surface area contributed by atoms with Crippen molar-refractivity contribution in [2.24, 2.45) is 5.92 Å². The smallest absolute Gasteiger partial charge is 0.321 e. The highest BCUT2D eigenvalue weighted by atomic mass is 16.4. The molecule has 5 nitrogen and oxygen atoms in total. The number of nitrogens with one attached hydrogen (secondary N) is 1. The summed E-state index contributed by atoms with van der Waals surface area (Å²) in [5.41, 5.74) is 1.19. The Morgan fingerprint density at radius 2 is 2.05 bits per heavy atom. The molecule has 2 rings (SSSR count). The van der Waals surface area contributed by atoms with Crippen LogP contribution in [0.4, 0.5) is 10.5 Å². The van der Waals surface area contributed by atoms with E-state index in [0.717, 1.165) is 6.54 Å². The number of carboxylic acid groups (broad SMARTS) is 1. The van der Waals surface area contributed by atoms with Gasteiger partial charge in [-0.2, -0.15) is 0 Å². The van der Waals surface area contributed by atoms with Crippen molar-refractivity contribution in [2.75, 3.05) is 18.9 Å². The van der Waals surface area contributed by atoms with Gasteiger partial charge in [-0.05, 0) is 30.4 Å². The number of aliphatic carboxylic acids is 1. The lowest BCUT2D eigenvalue weighted by Crippen LogP contribution is -2.37. The van der Waals surface area contributed by atoms with Gasteiger partial charge in [-0.1, -0.05) is 24.6 Å². The molecule has 20 heavy (non-hydrogen) atoms. The van der Waals surface area contributed by atoms with Crippen LogP contribution in [-0.4, -0.2) is 35.6 Å². The molecule has 1 aliphatic rings. The second kappa shape index (κ2) is 6.41. The van der Waals surface area contributed by atoms with Crippen molar-refractivity contribution in [3.05, 3.63) is 29.8 Å². The number of carbonyl (C=O) groups is 2. The molecular formula is C15H20N2O3. The highest BCUT2D eigenvalue weighted by Gasteiger charge is 2.21. The zero-order valence-electron chi connectivity index (χ0n) is 11.6. The molecule has 1 fully saturated rings. The molecule has 0 heterocycles. The van der Waals surface area contributed by atoms with E-state index >= 15 is 0 Å². The maximum atomic E-state index is 12.1. The molecule has 5 heteroatoms. The number of carboxylic acids is 1. The van der Waals surface area contributed by atoms with Crippen molar-refractivity contribution < 1.29 is 14.7 Å². The number of para-hydroxylation sites is 1. The number of nitrogens with zero attached hydrogens (tertiary/aromatic N) is 1. The summed E-state index contributed by atoms with van der Waals surface area (Å²) >= 11 is 0. The van der Waals surface area contributed by atoms with Crippen LogP contribution in [0.5, 0.6) is 0 Å². The van der Waals surface area contributed by atoms with Gasteiger partial charge in [0.05, 0.1) is 6.42 Å². The molecule has 1 aromatic rings. The molecule has 2 amide bonds. The topological polar surface area (TPSA) is 69.6 Å². The Balaban J connectivity index is 1.97. The zero-order chi connectivity index (χ0) is 14.5. The van der Waals surface area contributed by atoms with Crippen LogP contribution in [0.15, 0.2) is 24.3 Å². The van der Waals surface area contributed by atoms with E-state index < -0.39 is 5.97 Å². The van der Waals surface area contributed by atoms with Gasteiger partial charge in [0.2, 0.25) is 0 Å². The van der Waals surface area contributed by atoms with Gasteiger partial charge in [0, 0.05) is 19.3 Å². The molecule has 0 bridgehead atoms. The summed E-state index contributed by atoms with van der Waals surface area (Å²) in [6.07, 6.45) is 3.53. The van der Waals surface area contributed by atoms with E-state index in [-0.39, 0.29) is 12.5 Å². The van der Waals surface area contributed by atoms with Crippen molar-refractivity contribution in [1.29, 1.82) is 0 Å². The second-order valence-electron chi connectivity index (χ2n) is 5.34. The Kier molecular flexibility index (Phi) is 4.61. The minimum absolute atomic E-state index is 0.0945. The SMILES string of the molecule is CN(CC1CCC1)C(=O)Nc1ccccc1CC(=O)O. The van der Waals surface area contributed by atoms with Crippen LogP contribution in [0.1, 0.15) is 24.8 Å². The van der Waals surface area contributed by atoms with Gasteiger partial charge in [0.15, 0.2) is 0 Å². The molecule has 0 saturated heterocycles. The van der Waals surface area contributed by atoms with Crippen LogP contribution in [-0.2, 0) is 11.2 Å². The first-order valence-electron chi connectivity index (χ1n) is 6.88. The maximum absolute atomic E-state index is 12.1. The number of hydrogen-bond acceptors (Lipinski definition) is 2. The number of benzene rings is 1. The first kappa shape index (κ1) is 14.4. The lowest BCUT2D eigenvalue weighted by molar-refractivity contribution is -0.136. The van der Waals surface area contributed by atoms with Crippen molar-refractivity contribution in [3.63, 3.8) is 0 Å². The van der Waals surface area contributed by atoms with E-state index in [1.54, 1.807) is 36.2 Å². The molecule has 0 radical (unpaired) electrons. The summed E-state index contributed by atoms with van der Waals surface area (Å²) in [4.78, 5) is 24.6. The predicted octanol–water partition coefficient (Wildman–Crippen LogP) is 2.58.